The van der Waals surface area contributed by atoms with Crippen LogP contribution in [0.25, 0.3) is 5.69 Å². The van der Waals surface area contributed by atoms with Gasteiger partial charge in [-0.25, -0.2) is 0 Å². The standard InChI is InChI=1S/C14H13BrClNO/c1-9-6-13(14(18)8-16)10(2)17(9)12-5-3-4-11(15)7-12/h3-7H,8H2,1-2H3. The molecular weight excluding hydrogens is 314 g/mol. The molecule has 94 valence electrons. The number of carbonyl (C=O) groups is 1. The van der Waals surface area contributed by atoms with Gasteiger partial charge in [-0.05, 0) is 38.1 Å². The first kappa shape index (κ1) is 13.4. The summed E-state index contributed by atoms with van der Waals surface area (Å²) in [7, 11) is 0. The Morgan fingerprint density at radius 3 is 2.67 bits per heavy atom. The van der Waals surface area contributed by atoms with E-state index in [9.17, 15) is 4.79 Å². The van der Waals surface area contributed by atoms with Gasteiger partial charge in [0.15, 0.2) is 5.78 Å². The number of aryl methyl sites for hydroxylation is 1. The minimum atomic E-state index is -0.0361. The van der Waals surface area contributed by atoms with Gasteiger partial charge in [0.05, 0.1) is 5.88 Å². The smallest absolute Gasteiger partial charge is 0.179 e. The van der Waals surface area contributed by atoms with Crippen LogP contribution in [0.3, 0.4) is 0 Å². The maximum Gasteiger partial charge on any atom is 0.179 e. The van der Waals surface area contributed by atoms with E-state index in [1.54, 1.807) is 0 Å². The number of hydrogen-bond acceptors (Lipinski definition) is 1. The molecule has 0 aliphatic rings. The van der Waals surface area contributed by atoms with E-state index >= 15 is 0 Å². The SMILES string of the molecule is Cc1cc(C(=O)CCl)c(C)n1-c1cccc(Br)c1. The summed E-state index contributed by atoms with van der Waals surface area (Å²) < 4.78 is 3.07. The van der Waals surface area contributed by atoms with Crippen molar-refractivity contribution in [1.29, 1.82) is 0 Å². The Morgan fingerprint density at radius 2 is 2.06 bits per heavy atom. The number of nitrogens with zero attached hydrogens (tertiary/aromatic N) is 1. The lowest BCUT2D eigenvalue weighted by Gasteiger charge is -2.10. The summed E-state index contributed by atoms with van der Waals surface area (Å²) >= 11 is 9.08. The van der Waals surface area contributed by atoms with Gasteiger partial charge in [0.25, 0.3) is 0 Å². The van der Waals surface area contributed by atoms with E-state index in [1.807, 2.05) is 44.2 Å². The van der Waals surface area contributed by atoms with Gasteiger partial charge < -0.3 is 4.57 Å². The summed E-state index contributed by atoms with van der Waals surface area (Å²) in [6.45, 7) is 3.92. The second-order valence-electron chi connectivity index (χ2n) is 4.16. The normalized spacial score (nSPS) is 10.7. The zero-order valence-corrected chi connectivity index (χ0v) is 12.5. The molecule has 0 amide bonds. The van der Waals surface area contributed by atoms with Crippen molar-refractivity contribution >= 4 is 33.3 Å². The Kier molecular flexibility index (Phi) is 3.93. The van der Waals surface area contributed by atoms with Crippen LogP contribution in [0.1, 0.15) is 21.7 Å². The lowest BCUT2D eigenvalue weighted by atomic mass is 10.2. The van der Waals surface area contributed by atoms with Crippen LogP contribution < -0.4 is 0 Å². The zero-order valence-electron chi connectivity index (χ0n) is 10.2. The van der Waals surface area contributed by atoms with Crippen LogP contribution in [-0.4, -0.2) is 16.2 Å². The van der Waals surface area contributed by atoms with Crippen molar-refractivity contribution in [2.45, 2.75) is 13.8 Å². The largest absolute Gasteiger partial charge is 0.318 e. The van der Waals surface area contributed by atoms with Crippen molar-refractivity contribution in [2.75, 3.05) is 5.88 Å². The van der Waals surface area contributed by atoms with Crippen molar-refractivity contribution in [3.05, 3.63) is 51.8 Å². The van der Waals surface area contributed by atoms with Gasteiger partial charge in [0.1, 0.15) is 0 Å². The van der Waals surface area contributed by atoms with Crippen LogP contribution in [0.15, 0.2) is 34.8 Å². The molecule has 0 atom stereocenters. The molecule has 0 aliphatic heterocycles. The van der Waals surface area contributed by atoms with Gasteiger partial charge >= 0.3 is 0 Å². The Balaban J connectivity index is 2.59. The average Bonchev–Trinajstić information content (AvgIpc) is 2.64. The summed E-state index contributed by atoms with van der Waals surface area (Å²) in [5.74, 6) is -0.0195. The van der Waals surface area contributed by atoms with Gasteiger partial charge in [-0.15, -0.1) is 11.6 Å². The topological polar surface area (TPSA) is 22.0 Å². The van der Waals surface area contributed by atoms with Crippen molar-refractivity contribution in [3.8, 4) is 5.69 Å². The molecule has 0 aliphatic carbocycles. The van der Waals surface area contributed by atoms with E-state index in [0.29, 0.717) is 5.56 Å². The first-order valence-corrected chi connectivity index (χ1v) is 6.91. The highest BCUT2D eigenvalue weighted by atomic mass is 79.9. The quantitative estimate of drug-likeness (QED) is 0.609. The summed E-state index contributed by atoms with van der Waals surface area (Å²) in [4.78, 5) is 11.7. The highest BCUT2D eigenvalue weighted by molar-refractivity contribution is 9.10. The zero-order chi connectivity index (χ0) is 13.3. The van der Waals surface area contributed by atoms with Gasteiger partial charge in [-0.2, -0.15) is 0 Å². The number of rotatable bonds is 3. The van der Waals surface area contributed by atoms with E-state index in [0.717, 1.165) is 21.5 Å². The van der Waals surface area contributed by atoms with Crippen molar-refractivity contribution in [3.63, 3.8) is 0 Å². The molecule has 0 fully saturated rings. The molecule has 18 heavy (non-hydrogen) atoms. The molecular formula is C14H13BrClNO. The molecule has 0 N–H and O–H groups in total. The predicted molar refractivity (Wildman–Crippen MR) is 78.0 cm³/mol. The molecule has 1 aromatic heterocycles. The number of alkyl halides is 1. The first-order valence-electron chi connectivity index (χ1n) is 5.58. The Bertz CT molecular complexity index is 604. The monoisotopic (exact) mass is 325 g/mol. The van der Waals surface area contributed by atoms with E-state index in [1.165, 1.54) is 0 Å². The number of hydrogen-bond donors (Lipinski definition) is 0. The number of carbonyl (C=O) groups excluding carboxylic acids is 1. The lowest BCUT2D eigenvalue weighted by Crippen LogP contribution is -2.04. The summed E-state index contributed by atoms with van der Waals surface area (Å²) in [6.07, 6.45) is 0. The second-order valence-corrected chi connectivity index (χ2v) is 5.34. The van der Waals surface area contributed by atoms with Crippen LogP contribution in [0, 0.1) is 13.8 Å². The minimum Gasteiger partial charge on any atom is -0.318 e. The molecule has 0 saturated heterocycles. The lowest BCUT2D eigenvalue weighted by molar-refractivity contribution is 0.102. The molecule has 0 spiro atoms. The van der Waals surface area contributed by atoms with Crippen LogP contribution in [0.4, 0.5) is 0 Å². The fourth-order valence-electron chi connectivity index (χ4n) is 2.13. The molecule has 2 aromatic rings. The Labute approximate surface area is 120 Å². The fraction of sp³-hybridized carbons (Fsp3) is 0.214. The van der Waals surface area contributed by atoms with Gasteiger partial charge in [-0.3, -0.25) is 4.79 Å². The molecule has 1 heterocycles. The third-order valence-electron chi connectivity index (χ3n) is 2.92. The summed E-state index contributed by atoms with van der Waals surface area (Å²) in [5.41, 5.74) is 3.69. The first-order chi connectivity index (χ1) is 8.54. The third-order valence-corrected chi connectivity index (χ3v) is 3.66. The second kappa shape index (κ2) is 5.29. The molecule has 4 heteroatoms. The highest BCUT2D eigenvalue weighted by Gasteiger charge is 2.15. The Hall–Kier alpha value is -1.06. The number of benzene rings is 1. The van der Waals surface area contributed by atoms with Gasteiger partial charge in [-0.1, -0.05) is 22.0 Å². The molecule has 2 nitrogen and oxygen atoms in total. The van der Waals surface area contributed by atoms with Crippen LogP contribution in [0.5, 0.6) is 0 Å². The van der Waals surface area contributed by atoms with E-state index < -0.39 is 0 Å². The number of aromatic nitrogens is 1. The minimum absolute atomic E-state index is 0.0166. The van der Waals surface area contributed by atoms with Crippen molar-refractivity contribution < 1.29 is 4.79 Å². The molecule has 0 radical (unpaired) electrons. The summed E-state index contributed by atoms with van der Waals surface area (Å²) in [5, 5.41) is 0. The van der Waals surface area contributed by atoms with Gasteiger partial charge in [0, 0.05) is 27.1 Å². The molecule has 0 bridgehead atoms. The molecule has 0 unspecified atom stereocenters. The molecule has 2 rings (SSSR count). The molecule has 0 saturated carbocycles. The maximum atomic E-state index is 11.7. The third kappa shape index (κ3) is 2.38. The fourth-order valence-corrected chi connectivity index (χ4v) is 2.66. The van der Waals surface area contributed by atoms with Crippen molar-refractivity contribution in [1.82, 2.24) is 4.57 Å². The van der Waals surface area contributed by atoms with Crippen LogP contribution >= 0.6 is 27.5 Å². The average molecular weight is 327 g/mol. The summed E-state index contributed by atoms with van der Waals surface area (Å²) in [6, 6.07) is 9.87. The maximum absolute atomic E-state index is 11.7. The number of Topliss-reactive ketones (excluding diaryl/α,β-unsaturated/α-hetero) is 1. The van der Waals surface area contributed by atoms with Crippen LogP contribution in [-0.2, 0) is 0 Å². The van der Waals surface area contributed by atoms with E-state index in [-0.39, 0.29) is 11.7 Å². The number of ketones is 1. The van der Waals surface area contributed by atoms with E-state index in [2.05, 4.69) is 20.5 Å². The van der Waals surface area contributed by atoms with Crippen LogP contribution in [0.2, 0.25) is 0 Å². The Morgan fingerprint density at radius 1 is 1.33 bits per heavy atom. The molecule has 1 aromatic carbocycles. The number of halogens is 2. The van der Waals surface area contributed by atoms with E-state index in [4.69, 9.17) is 11.6 Å². The van der Waals surface area contributed by atoms with Gasteiger partial charge in [0.2, 0.25) is 0 Å². The van der Waals surface area contributed by atoms with Crippen molar-refractivity contribution in [2.24, 2.45) is 0 Å². The predicted octanol–water partition coefficient (Wildman–Crippen LogP) is 4.28. The highest BCUT2D eigenvalue weighted by Crippen LogP contribution is 2.23.